The van der Waals surface area contributed by atoms with Gasteiger partial charge in [-0.25, -0.2) is 9.59 Å². The number of ether oxygens (including phenoxy) is 2. The number of nitrogens with zero attached hydrogens (tertiary/aromatic N) is 4. The third-order valence-corrected chi connectivity index (χ3v) is 9.05. The normalized spacial score (nSPS) is 24.2. The molecule has 0 unspecified atom stereocenters. The van der Waals surface area contributed by atoms with Crippen LogP contribution in [0.2, 0.25) is 0 Å². The zero-order chi connectivity index (χ0) is 27.8. The maximum Gasteiger partial charge on any atom is 0.409 e. The summed E-state index contributed by atoms with van der Waals surface area (Å²) >= 11 is 0. The van der Waals surface area contributed by atoms with Crippen LogP contribution in [0.1, 0.15) is 86.5 Å². The van der Waals surface area contributed by atoms with E-state index in [0.29, 0.717) is 31.8 Å². The molecule has 39 heavy (non-hydrogen) atoms. The van der Waals surface area contributed by atoms with Gasteiger partial charge in [-0.3, -0.25) is 14.6 Å². The summed E-state index contributed by atoms with van der Waals surface area (Å²) in [5.41, 5.74) is 0.298. The lowest BCUT2D eigenvalue weighted by Gasteiger charge is -2.48. The highest BCUT2D eigenvalue weighted by atomic mass is 16.6. The van der Waals surface area contributed by atoms with Crippen LogP contribution in [-0.2, 0) is 14.3 Å². The highest BCUT2D eigenvalue weighted by Crippen LogP contribution is 2.32. The Morgan fingerprint density at radius 3 is 1.46 bits per heavy atom. The summed E-state index contributed by atoms with van der Waals surface area (Å²) in [6.45, 7) is 15.8. The molecule has 10 heteroatoms. The molecule has 4 saturated heterocycles. The van der Waals surface area contributed by atoms with Crippen LogP contribution in [0.25, 0.3) is 0 Å². The van der Waals surface area contributed by atoms with Crippen molar-refractivity contribution >= 4 is 18.0 Å². The Morgan fingerprint density at radius 1 is 0.744 bits per heavy atom. The van der Waals surface area contributed by atoms with E-state index in [1.165, 1.54) is 0 Å². The first-order chi connectivity index (χ1) is 18.1. The zero-order valence-electron chi connectivity index (χ0n) is 24.1. The van der Waals surface area contributed by atoms with Crippen LogP contribution in [0, 0.1) is 0 Å². The molecule has 0 bridgehead atoms. The molecule has 4 rings (SSSR count). The average Bonchev–Trinajstić information content (AvgIpc) is 2.91. The third-order valence-electron chi connectivity index (χ3n) is 9.05. The number of piperidine rings is 4. The van der Waals surface area contributed by atoms with Crippen molar-refractivity contribution in [1.29, 1.82) is 0 Å². The van der Waals surface area contributed by atoms with Gasteiger partial charge >= 0.3 is 12.2 Å². The minimum atomic E-state index is -0.196. The number of hydrogen-bond acceptors (Lipinski definition) is 8. The Kier molecular flexibility index (Phi) is 13.0. The van der Waals surface area contributed by atoms with Crippen LogP contribution < -0.4 is 0 Å². The van der Waals surface area contributed by atoms with Gasteiger partial charge in [0.2, 0.25) is 0 Å². The Labute approximate surface area is 235 Å². The van der Waals surface area contributed by atoms with Gasteiger partial charge in [0, 0.05) is 76.3 Å². The van der Waals surface area contributed by atoms with Crippen molar-refractivity contribution in [2.45, 2.75) is 104 Å². The Balaban J connectivity index is 0.000000267. The highest BCUT2D eigenvalue weighted by molar-refractivity contribution is 5.79. The van der Waals surface area contributed by atoms with E-state index in [-0.39, 0.29) is 36.8 Å². The molecular formula is C29H54N4O6. The summed E-state index contributed by atoms with van der Waals surface area (Å²) in [5.74, 6) is 0.379. The predicted octanol–water partition coefficient (Wildman–Crippen LogP) is 3.75. The van der Waals surface area contributed by atoms with Gasteiger partial charge in [0.15, 0.2) is 0 Å². The van der Waals surface area contributed by atoms with Gasteiger partial charge in [-0.1, -0.05) is 7.43 Å². The number of hydrogen-bond donors (Lipinski definition) is 1. The monoisotopic (exact) mass is 554 g/mol. The van der Waals surface area contributed by atoms with Crippen molar-refractivity contribution in [1.82, 2.24) is 19.6 Å². The summed E-state index contributed by atoms with van der Waals surface area (Å²) in [6, 6.07) is 0. The molecule has 0 saturated carbocycles. The number of ketones is 1. The maximum atomic E-state index is 11.7. The maximum absolute atomic E-state index is 11.7. The van der Waals surface area contributed by atoms with Crippen molar-refractivity contribution in [3.8, 4) is 0 Å². The molecule has 0 aromatic rings. The van der Waals surface area contributed by atoms with Gasteiger partial charge < -0.3 is 24.4 Å². The second-order valence-electron chi connectivity index (χ2n) is 11.6. The number of carbonyl (C=O) groups is 3. The van der Waals surface area contributed by atoms with Crippen molar-refractivity contribution in [3.63, 3.8) is 0 Å². The molecule has 0 radical (unpaired) electrons. The molecule has 226 valence electrons. The average molecular weight is 555 g/mol. The summed E-state index contributed by atoms with van der Waals surface area (Å²) < 4.78 is 10.1. The van der Waals surface area contributed by atoms with Crippen LogP contribution in [0.4, 0.5) is 9.59 Å². The van der Waals surface area contributed by atoms with Crippen LogP contribution >= 0.6 is 0 Å². The van der Waals surface area contributed by atoms with E-state index < -0.39 is 0 Å². The molecule has 4 aliphatic rings. The Morgan fingerprint density at radius 2 is 1.10 bits per heavy atom. The van der Waals surface area contributed by atoms with E-state index in [2.05, 4.69) is 23.6 Å². The molecule has 0 spiro atoms. The van der Waals surface area contributed by atoms with Gasteiger partial charge in [-0.2, -0.15) is 0 Å². The number of Topliss-reactive ketones (excluding diaryl/α,β-unsaturated/α-hetero) is 1. The minimum Gasteiger partial charge on any atom is -0.450 e. The molecule has 0 aliphatic carbocycles. The first-order valence-electron chi connectivity index (χ1n) is 14.6. The Bertz CT molecular complexity index is 775. The number of carbonyl (C=O) groups excluding carboxylic acids is 3. The molecule has 4 fully saturated rings. The van der Waals surface area contributed by atoms with E-state index in [4.69, 9.17) is 9.47 Å². The fourth-order valence-electron chi connectivity index (χ4n) is 6.11. The van der Waals surface area contributed by atoms with Crippen molar-refractivity contribution < 1.29 is 29.0 Å². The second-order valence-corrected chi connectivity index (χ2v) is 11.6. The van der Waals surface area contributed by atoms with Crippen molar-refractivity contribution in [3.05, 3.63) is 0 Å². The third kappa shape index (κ3) is 9.05. The summed E-state index contributed by atoms with van der Waals surface area (Å²) in [7, 11) is 0. The lowest BCUT2D eigenvalue weighted by molar-refractivity contribution is -0.123. The quantitative estimate of drug-likeness (QED) is 0.561. The van der Waals surface area contributed by atoms with Crippen LogP contribution in [-0.4, -0.2) is 125 Å². The number of aliphatic hydroxyl groups excluding tert-OH is 1. The molecule has 0 atom stereocenters. The van der Waals surface area contributed by atoms with Crippen molar-refractivity contribution in [2.24, 2.45) is 0 Å². The molecule has 1 N–H and O–H groups in total. The van der Waals surface area contributed by atoms with E-state index >= 15 is 0 Å². The van der Waals surface area contributed by atoms with E-state index in [9.17, 15) is 19.5 Å². The molecule has 4 heterocycles. The second kappa shape index (κ2) is 15.2. The van der Waals surface area contributed by atoms with Gasteiger partial charge in [-0.05, 0) is 66.2 Å². The van der Waals surface area contributed by atoms with Crippen LogP contribution in [0.5, 0.6) is 0 Å². The van der Waals surface area contributed by atoms with Gasteiger partial charge in [0.25, 0.3) is 0 Å². The van der Waals surface area contributed by atoms with Gasteiger partial charge in [-0.15, -0.1) is 0 Å². The number of amides is 2. The number of rotatable bonds is 4. The topological polar surface area (TPSA) is 103 Å². The van der Waals surface area contributed by atoms with E-state index in [1.807, 2.05) is 18.7 Å². The lowest BCUT2D eigenvalue weighted by atomic mass is 9.86. The largest absolute Gasteiger partial charge is 0.450 e. The van der Waals surface area contributed by atoms with E-state index in [0.717, 1.165) is 90.9 Å². The van der Waals surface area contributed by atoms with Gasteiger partial charge in [0.1, 0.15) is 5.78 Å². The molecule has 4 aliphatic heterocycles. The Hall–Kier alpha value is -1.91. The summed E-state index contributed by atoms with van der Waals surface area (Å²) in [5, 5.41) is 9.59. The van der Waals surface area contributed by atoms with Gasteiger partial charge in [0.05, 0.1) is 19.3 Å². The number of likely N-dealkylation sites (tertiary alicyclic amines) is 4. The first kappa shape index (κ1) is 33.3. The molecule has 10 nitrogen and oxygen atoms in total. The predicted molar refractivity (Wildman–Crippen MR) is 152 cm³/mol. The molecule has 0 aromatic carbocycles. The minimum absolute atomic E-state index is 0. The molecular weight excluding hydrogens is 500 g/mol. The summed E-state index contributed by atoms with van der Waals surface area (Å²) in [6.07, 6.45) is 6.49. The smallest absolute Gasteiger partial charge is 0.409 e. The summed E-state index contributed by atoms with van der Waals surface area (Å²) in [4.78, 5) is 43.2. The highest BCUT2D eigenvalue weighted by Gasteiger charge is 2.39. The first-order valence-corrected chi connectivity index (χ1v) is 14.6. The van der Waals surface area contributed by atoms with Crippen LogP contribution in [0.3, 0.4) is 0 Å². The standard InChI is InChI=1S/C14H26N2O3.C14H24N2O3.CH4/c2*1-3-19-13(18)15-10-6-14(2,7-11-15)16-8-4-12(17)5-9-16;/h12,17H,3-11H2,1-2H3;3-11H2,1-2H3;1H4. The van der Waals surface area contributed by atoms with Crippen molar-refractivity contribution in [2.75, 3.05) is 65.6 Å². The fourth-order valence-corrected chi connectivity index (χ4v) is 6.11. The fraction of sp³-hybridized carbons (Fsp3) is 0.897. The molecule has 2 amide bonds. The number of aliphatic hydroxyl groups is 1. The van der Waals surface area contributed by atoms with E-state index in [1.54, 1.807) is 4.90 Å². The lowest BCUT2D eigenvalue weighted by Crippen LogP contribution is -2.56. The van der Waals surface area contributed by atoms with Crippen LogP contribution in [0.15, 0.2) is 0 Å². The SMILES string of the molecule is C.CCOC(=O)N1CCC(C)(N2CCC(=O)CC2)CC1.CCOC(=O)N1CCC(C)(N2CCC(O)CC2)CC1. The zero-order valence-corrected chi connectivity index (χ0v) is 24.1. The molecule has 0 aromatic heterocycles.